The van der Waals surface area contributed by atoms with E-state index in [2.05, 4.69) is 10.6 Å². The fraction of sp³-hybridized carbons (Fsp3) is 0.417. The fourth-order valence-electron chi connectivity index (χ4n) is 6.32. The minimum Gasteiger partial charge on any atom is -0.468 e. The summed E-state index contributed by atoms with van der Waals surface area (Å²) >= 11 is 12.4. The Morgan fingerprint density at radius 1 is 1.16 bits per heavy atom. The van der Waals surface area contributed by atoms with Crippen molar-refractivity contribution in [2.75, 3.05) is 12.4 Å². The molecule has 8 heteroatoms. The van der Waals surface area contributed by atoms with Gasteiger partial charge < -0.3 is 10.1 Å². The molecule has 1 saturated carbocycles. The molecule has 3 atom stereocenters. The maximum absolute atomic E-state index is 15.5. The minimum absolute atomic E-state index is 0.0550. The van der Waals surface area contributed by atoms with Crippen molar-refractivity contribution < 1.29 is 18.7 Å². The largest absolute Gasteiger partial charge is 0.468 e. The molecular formula is C24H23Cl2FN2O3. The smallest absolute Gasteiger partial charge is 0.323 e. The van der Waals surface area contributed by atoms with Gasteiger partial charge in [-0.15, -0.1) is 0 Å². The van der Waals surface area contributed by atoms with Gasteiger partial charge in [0.15, 0.2) is 0 Å². The number of hydrogen-bond acceptors (Lipinski definition) is 4. The van der Waals surface area contributed by atoms with Gasteiger partial charge in [0.05, 0.1) is 12.1 Å². The zero-order valence-electron chi connectivity index (χ0n) is 17.5. The summed E-state index contributed by atoms with van der Waals surface area (Å²) in [7, 11) is 1.30. The van der Waals surface area contributed by atoms with Gasteiger partial charge in [0.2, 0.25) is 5.91 Å². The molecule has 2 heterocycles. The Balaban J connectivity index is 1.85. The number of rotatable bonds is 2. The molecule has 2 aromatic carbocycles. The van der Waals surface area contributed by atoms with Crippen molar-refractivity contribution in [3.63, 3.8) is 0 Å². The molecule has 5 nitrogen and oxygen atoms in total. The highest BCUT2D eigenvalue weighted by Gasteiger charge is 2.72. The Morgan fingerprint density at radius 2 is 1.91 bits per heavy atom. The van der Waals surface area contributed by atoms with E-state index in [-0.39, 0.29) is 16.5 Å². The molecule has 2 unspecified atom stereocenters. The van der Waals surface area contributed by atoms with Crippen LogP contribution in [0.1, 0.15) is 49.1 Å². The van der Waals surface area contributed by atoms with E-state index >= 15 is 4.39 Å². The Bertz CT molecular complexity index is 1120. The molecule has 168 valence electrons. The number of hydrogen-bond donors (Lipinski definition) is 2. The number of nitrogens with one attached hydrogen (secondary N) is 2. The molecule has 1 amide bonds. The molecule has 32 heavy (non-hydrogen) atoms. The predicted octanol–water partition coefficient (Wildman–Crippen LogP) is 4.95. The summed E-state index contributed by atoms with van der Waals surface area (Å²) < 4.78 is 20.6. The van der Waals surface area contributed by atoms with Crippen LogP contribution in [-0.2, 0) is 19.7 Å². The number of ether oxygens (including phenoxy) is 1. The molecule has 0 bridgehead atoms. The second kappa shape index (κ2) is 7.72. The van der Waals surface area contributed by atoms with Crippen LogP contribution in [0.15, 0.2) is 36.4 Å². The predicted molar refractivity (Wildman–Crippen MR) is 121 cm³/mol. The number of halogens is 3. The first-order valence-electron chi connectivity index (χ1n) is 10.8. The van der Waals surface area contributed by atoms with Crippen LogP contribution in [0.3, 0.4) is 0 Å². The van der Waals surface area contributed by atoms with Crippen LogP contribution >= 0.6 is 23.2 Å². The van der Waals surface area contributed by atoms with Crippen LogP contribution < -0.4 is 10.6 Å². The summed E-state index contributed by atoms with van der Waals surface area (Å²) in [6, 6.07) is 9.05. The molecule has 2 spiro atoms. The lowest BCUT2D eigenvalue weighted by atomic mass is 9.55. The summed E-state index contributed by atoms with van der Waals surface area (Å²) in [5.74, 6) is -2.28. The van der Waals surface area contributed by atoms with Gasteiger partial charge in [-0.3, -0.25) is 14.9 Å². The lowest BCUT2D eigenvalue weighted by Gasteiger charge is -2.47. The molecule has 3 aliphatic rings. The van der Waals surface area contributed by atoms with Crippen molar-refractivity contribution >= 4 is 40.8 Å². The number of carbonyl (C=O) groups excluding carboxylic acids is 2. The molecule has 1 aliphatic carbocycles. The van der Waals surface area contributed by atoms with Crippen LogP contribution in [0.2, 0.25) is 10.0 Å². The maximum atomic E-state index is 15.5. The van der Waals surface area contributed by atoms with Crippen molar-refractivity contribution in [1.82, 2.24) is 5.32 Å². The maximum Gasteiger partial charge on any atom is 0.323 e. The van der Waals surface area contributed by atoms with Crippen molar-refractivity contribution in [2.24, 2.45) is 0 Å². The van der Waals surface area contributed by atoms with E-state index in [1.54, 1.807) is 24.3 Å². The second-order valence-corrected chi connectivity index (χ2v) is 9.70. The fourth-order valence-corrected chi connectivity index (χ4v) is 6.68. The van der Waals surface area contributed by atoms with Crippen LogP contribution in [0.5, 0.6) is 0 Å². The highest BCUT2D eigenvalue weighted by Crippen LogP contribution is 2.62. The molecule has 5 rings (SSSR count). The molecule has 2 fully saturated rings. The molecule has 2 N–H and O–H groups in total. The highest BCUT2D eigenvalue weighted by molar-refractivity contribution is 6.31. The van der Waals surface area contributed by atoms with Gasteiger partial charge in [-0.05, 0) is 42.2 Å². The summed E-state index contributed by atoms with van der Waals surface area (Å²) in [6.45, 7) is 0. The first kappa shape index (κ1) is 21.7. The molecule has 2 aliphatic heterocycles. The van der Waals surface area contributed by atoms with E-state index in [1.807, 2.05) is 6.07 Å². The third-order valence-corrected chi connectivity index (χ3v) is 8.01. The normalized spacial score (nSPS) is 28.1. The molecular weight excluding hydrogens is 454 g/mol. The average molecular weight is 477 g/mol. The summed E-state index contributed by atoms with van der Waals surface area (Å²) in [4.78, 5) is 27.0. The quantitative estimate of drug-likeness (QED) is 0.601. The Kier molecular flexibility index (Phi) is 5.23. The van der Waals surface area contributed by atoms with Gasteiger partial charge in [-0.25, -0.2) is 4.39 Å². The van der Waals surface area contributed by atoms with E-state index in [1.165, 1.54) is 13.2 Å². The van der Waals surface area contributed by atoms with Crippen molar-refractivity contribution in [3.05, 3.63) is 63.4 Å². The zero-order valence-corrected chi connectivity index (χ0v) is 19.0. The lowest BCUT2D eigenvalue weighted by Crippen LogP contribution is -2.60. The zero-order chi connectivity index (χ0) is 22.7. The molecule has 0 radical (unpaired) electrons. The lowest BCUT2D eigenvalue weighted by molar-refractivity contribution is -0.143. The topological polar surface area (TPSA) is 67.4 Å². The van der Waals surface area contributed by atoms with Gasteiger partial charge in [0.25, 0.3) is 0 Å². The Morgan fingerprint density at radius 3 is 2.62 bits per heavy atom. The number of carbonyl (C=O) groups is 2. The van der Waals surface area contributed by atoms with Gasteiger partial charge in [0, 0.05) is 22.2 Å². The summed E-state index contributed by atoms with van der Waals surface area (Å²) in [5, 5.41) is 6.91. The number of benzene rings is 2. The van der Waals surface area contributed by atoms with Gasteiger partial charge in [-0.1, -0.05) is 60.7 Å². The first-order chi connectivity index (χ1) is 15.4. The van der Waals surface area contributed by atoms with E-state index in [0.29, 0.717) is 23.6 Å². The van der Waals surface area contributed by atoms with Crippen molar-refractivity contribution in [1.29, 1.82) is 0 Å². The van der Waals surface area contributed by atoms with Gasteiger partial charge in [-0.2, -0.15) is 0 Å². The van der Waals surface area contributed by atoms with E-state index in [0.717, 1.165) is 24.8 Å². The average Bonchev–Trinajstić information content (AvgIpc) is 3.23. The van der Waals surface area contributed by atoms with Crippen LogP contribution in [0.4, 0.5) is 10.1 Å². The van der Waals surface area contributed by atoms with Crippen LogP contribution in [0.25, 0.3) is 0 Å². The SMILES string of the molecule is COC(=O)C1NC2(CCCCC2)[C@@]2(C(=O)Nc3cc(Cl)ccc32)C1c1cccc(Cl)c1F. The second-order valence-electron chi connectivity index (χ2n) is 8.86. The monoisotopic (exact) mass is 476 g/mol. The highest BCUT2D eigenvalue weighted by atomic mass is 35.5. The van der Waals surface area contributed by atoms with E-state index < -0.39 is 34.7 Å². The number of amides is 1. The van der Waals surface area contributed by atoms with Crippen LogP contribution in [-0.4, -0.2) is 30.6 Å². The Labute approximate surface area is 195 Å². The summed E-state index contributed by atoms with van der Waals surface area (Å²) in [6.07, 6.45) is 4.17. The van der Waals surface area contributed by atoms with Gasteiger partial charge >= 0.3 is 5.97 Å². The number of methoxy groups -OCH3 is 1. The van der Waals surface area contributed by atoms with E-state index in [9.17, 15) is 9.59 Å². The standard InChI is InChI=1S/C24H23Cl2FN2O3/c1-32-21(30)20-18(14-6-5-7-16(26)19(14)27)24(23(29-20)10-3-2-4-11-23)15-9-8-13(25)12-17(15)28-22(24)31/h5-9,12,18,20,29H,2-4,10-11H2,1H3,(H,28,31)/t18?,20?,24-/m1/s1. The number of esters is 1. The summed E-state index contributed by atoms with van der Waals surface area (Å²) in [5.41, 5.74) is -0.435. The van der Waals surface area contributed by atoms with E-state index in [4.69, 9.17) is 27.9 Å². The van der Waals surface area contributed by atoms with Crippen molar-refractivity contribution in [2.45, 2.75) is 55.0 Å². The first-order valence-corrected chi connectivity index (χ1v) is 11.5. The van der Waals surface area contributed by atoms with Gasteiger partial charge in [0.1, 0.15) is 17.3 Å². The molecule has 0 aromatic heterocycles. The molecule has 1 saturated heterocycles. The number of fused-ring (bicyclic) bond motifs is 3. The molecule has 2 aromatic rings. The minimum atomic E-state index is -1.22. The third kappa shape index (κ3) is 2.79. The van der Waals surface area contributed by atoms with Crippen molar-refractivity contribution in [3.8, 4) is 0 Å². The van der Waals surface area contributed by atoms with Crippen LogP contribution in [0, 0.1) is 5.82 Å². The third-order valence-electron chi connectivity index (χ3n) is 7.48. The Hall–Kier alpha value is -2.15. The number of anilines is 1.